The molecule has 0 spiro atoms. The maximum atomic E-state index is 13.7. The summed E-state index contributed by atoms with van der Waals surface area (Å²) in [7, 11) is 0. The van der Waals surface area contributed by atoms with Crippen molar-refractivity contribution in [3.8, 4) is 17.0 Å². The first kappa shape index (κ1) is 12.2. The van der Waals surface area contributed by atoms with E-state index in [4.69, 9.17) is 4.74 Å². The summed E-state index contributed by atoms with van der Waals surface area (Å²) >= 11 is 2.09. The van der Waals surface area contributed by atoms with Crippen LogP contribution in [0.3, 0.4) is 0 Å². The lowest BCUT2D eigenvalue weighted by molar-refractivity contribution is 0.321. The highest BCUT2D eigenvalue weighted by Crippen LogP contribution is 2.24. The Bertz CT molecular complexity index is 534. The molecule has 2 aromatic rings. The molecule has 0 saturated carbocycles. The van der Waals surface area contributed by atoms with Crippen LogP contribution in [0.2, 0.25) is 0 Å². The van der Waals surface area contributed by atoms with Crippen LogP contribution in [0.5, 0.6) is 5.75 Å². The fraction of sp³-hybridized carbons (Fsp3) is 0.167. The van der Waals surface area contributed by atoms with E-state index < -0.39 is 0 Å². The van der Waals surface area contributed by atoms with Gasteiger partial charge in [0.1, 0.15) is 10.0 Å². The van der Waals surface area contributed by atoms with Crippen molar-refractivity contribution in [3.63, 3.8) is 0 Å². The van der Waals surface area contributed by atoms with Crippen molar-refractivity contribution >= 4 is 22.6 Å². The second-order valence-electron chi connectivity index (χ2n) is 3.30. The second kappa shape index (κ2) is 5.39. The third-order valence-corrected chi connectivity index (χ3v) is 2.75. The lowest BCUT2D eigenvalue weighted by Crippen LogP contribution is -1.95. The number of nitrogens with zero attached hydrogens (tertiary/aromatic N) is 2. The molecule has 0 fully saturated rings. The van der Waals surface area contributed by atoms with E-state index in [1.807, 2.05) is 6.92 Å². The molecule has 0 amide bonds. The molecule has 88 valence electrons. The van der Waals surface area contributed by atoms with Gasteiger partial charge in [-0.1, -0.05) is 0 Å². The van der Waals surface area contributed by atoms with Crippen molar-refractivity contribution in [3.05, 3.63) is 40.1 Å². The summed E-state index contributed by atoms with van der Waals surface area (Å²) in [5, 5.41) is 0. The Morgan fingerprint density at radius 2 is 2.12 bits per heavy atom. The number of hydrogen-bond acceptors (Lipinski definition) is 3. The molecule has 0 radical (unpaired) electrons. The SMILES string of the molecule is CCOc1ccc(-c2cc(I)ncn2)cc1F. The molecule has 0 unspecified atom stereocenters. The lowest BCUT2D eigenvalue weighted by atomic mass is 10.1. The summed E-state index contributed by atoms with van der Waals surface area (Å²) in [4.78, 5) is 8.10. The normalized spacial score (nSPS) is 10.3. The third kappa shape index (κ3) is 2.91. The minimum Gasteiger partial charge on any atom is -0.491 e. The highest BCUT2D eigenvalue weighted by atomic mass is 127. The van der Waals surface area contributed by atoms with Gasteiger partial charge in [0, 0.05) is 5.56 Å². The molecule has 5 heteroatoms. The molecule has 2 rings (SSSR count). The summed E-state index contributed by atoms with van der Waals surface area (Å²) in [5.41, 5.74) is 1.41. The molecular formula is C12H10FIN2O. The van der Waals surface area contributed by atoms with Crippen molar-refractivity contribution in [1.82, 2.24) is 9.97 Å². The first-order valence-electron chi connectivity index (χ1n) is 5.11. The molecule has 0 aliphatic carbocycles. The monoisotopic (exact) mass is 344 g/mol. The van der Waals surface area contributed by atoms with Crippen molar-refractivity contribution in [2.24, 2.45) is 0 Å². The van der Waals surface area contributed by atoms with Crippen molar-refractivity contribution in [1.29, 1.82) is 0 Å². The molecule has 1 heterocycles. The number of rotatable bonds is 3. The van der Waals surface area contributed by atoms with Crippen LogP contribution >= 0.6 is 22.6 Å². The molecule has 0 bridgehead atoms. The molecule has 1 aromatic heterocycles. The molecule has 0 saturated heterocycles. The maximum absolute atomic E-state index is 13.7. The standard InChI is InChI=1S/C12H10FIN2O/c1-2-17-11-4-3-8(5-9(11)13)10-6-12(14)16-7-15-10/h3-7H,2H2,1H3. The first-order chi connectivity index (χ1) is 8.20. The van der Waals surface area contributed by atoms with E-state index in [2.05, 4.69) is 32.6 Å². The molecule has 0 N–H and O–H groups in total. The Balaban J connectivity index is 2.37. The Morgan fingerprint density at radius 1 is 1.29 bits per heavy atom. The van der Waals surface area contributed by atoms with Gasteiger partial charge in [0.05, 0.1) is 12.3 Å². The van der Waals surface area contributed by atoms with E-state index in [-0.39, 0.29) is 11.6 Å². The summed E-state index contributed by atoms with van der Waals surface area (Å²) in [6.45, 7) is 2.27. The Morgan fingerprint density at radius 3 is 2.76 bits per heavy atom. The van der Waals surface area contributed by atoms with Crippen LogP contribution in [-0.4, -0.2) is 16.6 Å². The predicted octanol–water partition coefficient (Wildman–Crippen LogP) is 3.29. The van der Waals surface area contributed by atoms with Gasteiger partial charge in [-0.2, -0.15) is 0 Å². The van der Waals surface area contributed by atoms with Crippen molar-refractivity contribution < 1.29 is 9.13 Å². The summed E-state index contributed by atoms with van der Waals surface area (Å²) in [6, 6.07) is 6.62. The van der Waals surface area contributed by atoms with Crippen LogP contribution in [0.25, 0.3) is 11.3 Å². The van der Waals surface area contributed by atoms with Gasteiger partial charge in [0.2, 0.25) is 0 Å². The van der Waals surface area contributed by atoms with Crippen LogP contribution in [0.15, 0.2) is 30.6 Å². The van der Waals surface area contributed by atoms with E-state index >= 15 is 0 Å². The Hall–Kier alpha value is -1.24. The minimum atomic E-state index is -0.377. The van der Waals surface area contributed by atoms with E-state index in [1.165, 1.54) is 12.4 Å². The van der Waals surface area contributed by atoms with Gasteiger partial charge in [-0.15, -0.1) is 0 Å². The van der Waals surface area contributed by atoms with E-state index in [0.29, 0.717) is 17.9 Å². The van der Waals surface area contributed by atoms with Gasteiger partial charge in [-0.05, 0) is 53.8 Å². The summed E-state index contributed by atoms with van der Waals surface area (Å²) in [6.07, 6.45) is 1.46. The van der Waals surface area contributed by atoms with Gasteiger partial charge in [0.25, 0.3) is 0 Å². The van der Waals surface area contributed by atoms with Crippen LogP contribution < -0.4 is 4.74 Å². The molecule has 17 heavy (non-hydrogen) atoms. The highest BCUT2D eigenvalue weighted by Gasteiger charge is 2.07. The number of benzene rings is 1. The first-order valence-corrected chi connectivity index (χ1v) is 6.19. The largest absolute Gasteiger partial charge is 0.491 e. The van der Waals surface area contributed by atoms with Gasteiger partial charge in [-0.3, -0.25) is 0 Å². The molecule has 0 aliphatic rings. The van der Waals surface area contributed by atoms with Crippen LogP contribution in [-0.2, 0) is 0 Å². The number of hydrogen-bond donors (Lipinski definition) is 0. The third-order valence-electron chi connectivity index (χ3n) is 2.16. The zero-order chi connectivity index (χ0) is 12.3. The molecular weight excluding hydrogens is 334 g/mol. The average molecular weight is 344 g/mol. The Labute approximate surface area is 112 Å². The fourth-order valence-corrected chi connectivity index (χ4v) is 1.84. The second-order valence-corrected chi connectivity index (χ2v) is 4.41. The number of aromatic nitrogens is 2. The summed E-state index contributed by atoms with van der Waals surface area (Å²) in [5.74, 6) is -0.113. The Kier molecular flexibility index (Phi) is 3.88. The molecule has 1 aromatic carbocycles. The number of ether oxygens (including phenoxy) is 1. The predicted molar refractivity (Wildman–Crippen MR) is 71.3 cm³/mol. The zero-order valence-corrected chi connectivity index (χ0v) is 11.3. The molecule has 0 atom stereocenters. The summed E-state index contributed by atoms with van der Waals surface area (Å²) < 4.78 is 19.6. The maximum Gasteiger partial charge on any atom is 0.165 e. The van der Waals surface area contributed by atoms with Crippen molar-refractivity contribution in [2.45, 2.75) is 6.92 Å². The quantitative estimate of drug-likeness (QED) is 0.633. The van der Waals surface area contributed by atoms with E-state index in [1.54, 1.807) is 18.2 Å². The van der Waals surface area contributed by atoms with Crippen LogP contribution in [0, 0.1) is 9.52 Å². The fourth-order valence-electron chi connectivity index (χ4n) is 1.42. The lowest BCUT2D eigenvalue weighted by Gasteiger charge is -2.06. The number of halogens is 2. The highest BCUT2D eigenvalue weighted by molar-refractivity contribution is 14.1. The van der Waals surface area contributed by atoms with E-state index in [9.17, 15) is 4.39 Å². The van der Waals surface area contributed by atoms with Crippen molar-refractivity contribution in [2.75, 3.05) is 6.61 Å². The topological polar surface area (TPSA) is 35.0 Å². The minimum absolute atomic E-state index is 0.264. The van der Waals surface area contributed by atoms with Gasteiger partial charge in [0.15, 0.2) is 11.6 Å². The van der Waals surface area contributed by atoms with E-state index in [0.717, 1.165) is 3.70 Å². The van der Waals surface area contributed by atoms with Gasteiger partial charge in [-0.25, -0.2) is 14.4 Å². The zero-order valence-electron chi connectivity index (χ0n) is 9.15. The van der Waals surface area contributed by atoms with Gasteiger partial charge < -0.3 is 4.74 Å². The smallest absolute Gasteiger partial charge is 0.165 e. The average Bonchev–Trinajstić information content (AvgIpc) is 2.32. The van der Waals surface area contributed by atoms with Gasteiger partial charge >= 0.3 is 0 Å². The van der Waals surface area contributed by atoms with Crippen LogP contribution in [0.4, 0.5) is 4.39 Å². The molecule has 3 nitrogen and oxygen atoms in total. The van der Waals surface area contributed by atoms with Crippen LogP contribution in [0.1, 0.15) is 6.92 Å². The molecule has 0 aliphatic heterocycles.